The first-order valence-electron chi connectivity index (χ1n) is 12.0. The number of hydrogen-bond donors (Lipinski definition) is 1. The number of rotatable bonds is 5. The van der Waals surface area contributed by atoms with Crippen molar-refractivity contribution >= 4 is 28.7 Å². The standard InChI is InChI=1S/C28H27N5OS/c35-28-30-26(24-9-4-5-15-29-24)27(25-10-6-16-32(25)22-7-2-1-3-8-22)33(28)23-13-11-21(12-14-23)31-17-19-34-20-18-31/h1-16,26-27H,17-20H2,(H,30,35). The Balaban J connectivity index is 1.41. The van der Waals surface area contributed by atoms with E-state index in [1.807, 2.05) is 24.4 Å². The normalized spacial score (nSPS) is 20.2. The molecule has 35 heavy (non-hydrogen) atoms. The van der Waals surface area contributed by atoms with Crippen molar-refractivity contribution in [3.8, 4) is 5.69 Å². The number of para-hydroxylation sites is 1. The zero-order valence-electron chi connectivity index (χ0n) is 19.3. The molecule has 2 fully saturated rings. The molecule has 0 radical (unpaired) electrons. The Morgan fingerprint density at radius 1 is 0.800 bits per heavy atom. The molecule has 2 aromatic carbocycles. The summed E-state index contributed by atoms with van der Waals surface area (Å²) < 4.78 is 7.76. The molecule has 2 atom stereocenters. The third-order valence-corrected chi connectivity index (χ3v) is 7.03. The minimum absolute atomic E-state index is 0.0677. The van der Waals surface area contributed by atoms with Gasteiger partial charge in [-0.3, -0.25) is 4.98 Å². The van der Waals surface area contributed by atoms with Crippen LogP contribution in [0, 0.1) is 0 Å². The summed E-state index contributed by atoms with van der Waals surface area (Å²) in [6.45, 7) is 3.37. The third kappa shape index (κ3) is 4.17. The van der Waals surface area contributed by atoms with Crippen LogP contribution in [-0.2, 0) is 4.74 Å². The summed E-state index contributed by atoms with van der Waals surface area (Å²) in [6, 6.07) is 29.3. The number of nitrogens with one attached hydrogen (secondary N) is 1. The fourth-order valence-corrected chi connectivity index (χ4v) is 5.38. The van der Waals surface area contributed by atoms with Crippen LogP contribution in [0.5, 0.6) is 0 Å². The van der Waals surface area contributed by atoms with Gasteiger partial charge in [-0.1, -0.05) is 24.3 Å². The first kappa shape index (κ1) is 21.8. The van der Waals surface area contributed by atoms with E-state index >= 15 is 0 Å². The maximum Gasteiger partial charge on any atom is 0.174 e. The monoisotopic (exact) mass is 481 g/mol. The molecular formula is C28H27N5OS. The molecule has 0 saturated carbocycles. The highest BCUT2D eigenvalue weighted by molar-refractivity contribution is 7.80. The number of thiocarbonyl (C=S) groups is 1. The fourth-order valence-electron chi connectivity index (χ4n) is 5.04. The number of pyridine rings is 1. The van der Waals surface area contributed by atoms with Crippen molar-refractivity contribution in [3.63, 3.8) is 0 Å². The first-order valence-corrected chi connectivity index (χ1v) is 12.4. The summed E-state index contributed by atoms with van der Waals surface area (Å²) in [4.78, 5) is 9.28. The average Bonchev–Trinajstić information content (AvgIpc) is 3.55. The van der Waals surface area contributed by atoms with Gasteiger partial charge in [0, 0.05) is 48.2 Å². The molecule has 176 valence electrons. The lowest BCUT2D eigenvalue weighted by atomic mass is 10.0. The average molecular weight is 482 g/mol. The van der Waals surface area contributed by atoms with Crippen LogP contribution in [0.4, 0.5) is 11.4 Å². The summed E-state index contributed by atoms with van der Waals surface area (Å²) in [5, 5.41) is 4.27. The zero-order chi connectivity index (χ0) is 23.6. The molecule has 1 N–H and O–H groups in total. The van der Waals surface area contributed by atoms with Crippen molar-refractivity contribution in [1.82, 2.24) is 14.9 Å². The second-order valence-electron chi connectivity index (χ2n) is 8.75. The van der Waals surface area contributed by atoms with Crippen LogP contribution in [0.1, 0.15) is 23.5 Å². The van der Waals surface area contributed by atoms with E-state index in [0.29, 0.717) is 5.11 Å². The van der Waals surface area contributed by atoms with Gasteiger partial charge in [-0.05, 0) is 72.9 Å². The molecule has 4 heterocycles. The molecule has 0 aliphatic carbocycles. The number of morpholine rings is 1. The van der Waals surface area contributed by atoms with Crippen molar-refractivity contribution in [2.45, 2.75) is 12.1 Å². The van der Waals surface area contributed by atoms with E-state index in [4.69, 9.17) is 17.0 Å². The molecule has 2 saturated heterocycles. The predicted molar refractivity (Wildman–Crippen MR) is 143 cm³/mol. The van der Waals surface area contributed by atoms with E-state index < -0.39 is 0 Å². The smallest absolute Gasteiger partial charge is 0.174 e. The van der Waals surface area contributed by atoms with E-state index in [9.17, 15) is 0 Å². The Morgan fingerprint density at radius 2 is 1.54 bits per heavy atom. The minimum Gasteiger partial charge on any atom is -0.378 e. The lowest BCUT2D eigenvalue weighted by Crippen LogP contribution is -2.36. The topological polar surface area (TPSA) is 45.6 Å². The lowest BCUT2D eigenvalue weighted by Gasteiger charge is -2.31. The van der Waals surface area contributed by atoms with Gasteiger partial charge in [-0.2, -0.15) is 0 Å². The van der Waals surface area contributed by atoms with Crippen molar-refractivity contribution in [2.75, 3.05) is 36.1 Å². The minimum atomic E-state index is -0.0833. The Bertz CT molecular complexity index is 1290. The molecular weight excluding hydrogens is 454 g/mol. The first-order chi connectivity index (χ1) is 17.3. The van der Waals surface area contributed by atoms with E-state index in [1.54, 1.807) is 0 Å². The molecule has 2 aromatic heterocycles. The number of anilines is 2. The summed E-state index contributed by atoms with van der Waals surface area (Å²) in [6.07, 6.45) is 3.95. The molecule has 2 aliphatic heterocycles. The van der Waals surface area contributed by atoms with Gasteiger partial charge in [0.05, 0.1) is 24.9 Å². The quantitative estimate of drug-likeness (QED) is 0.410. The number of aromatic nitrogens is 2. The SMILES string of the molecule is S=C1NC(c2ccccn2)C(c2cccn2-c2ccccc2)N1c1ccc(N2CCOCC2)cc1. The van der Waals surface area contributed by atoms with E-state index in [-0.39, 0.29) is 12.1 Å². The summed E-state index contributed by atoms with van der Waals surface area (Å²) in [5.74, 6) is 0. The predicted octanol–water partition coefficient (Wildman–Crippen LogP) is 4.89. The van der Waals surface area contributed by atoms with Crippen molar-refractivity contribution in [3.05, 3.63) is 109 Å². The van der Waals surface area contributed by atoms with Crippen LogP contribution in [0.3, 0.4) is 0 Å². The molecule has 4 aromatic rings. The zero-order valence-corrected chi connectivity index (χ0v) is 20.1. The van der Waals surface area contributed by atoms with Crippen molar-refractivity contribution in [2.24, 2.45) is 0 Å². The Morgan fingerprint density at radius 3 is 2.29 bits per heavy atom. The Hall–Kier alpha value is -3.68. The molecule has 2 unspecified atom stereocenters. The molecule has 0 spiro atoms. The van der Waals surface area contributed by atoms with Gasteiger partial charge in [-0.15, -0.1) is 0 Å². The van der Waals surface area contributed by atoms with Gasteiger partial charge in [0.2, 0.25) is 0 Å². The van der Waals surface area contributed by atoms with Crippen molar-refractivity contribution < 1.29 is 4.74 Å². The van der Waals surface area contributed by atoms with Crippen LogP contribution in [0.2, 0.25) is 0 Å². The van der Waals surface area contributed by atoms with Gasteiger partial charge in [0.25, 0.3) is 0 Å². The Labute approximate surface area is 210 Å². The van der Waals surface area contributed by atoms with Crippen LogP contribution < -0.4 is 15.1 Å². The number of hydrogen-bond acceptors (Lipinski definition) is 4. The van der Waals surface area contributed by atoms with Gasteiger partial charge < -0.3 is 24.4 Å². The highest BCUT2D eigenvalue weighted by Crippen LogP contribution is 2.42. The molecule has 6 rings (SSSR count). The summed E-state index contributed by atoms with van der Waals surface area (Å²) in [5.41, 5.74) is 5.50. The molecule has 7 heteroatoms. The highest BCUT2D eigenvalue weighted by atomic mass is 32.1. The lowest BCUT2D eigenvalue weighted by molar-refractivity contribution is 0.122. The second kappa shape index (κ2) is 9.52. The molecule has 0 bridgehead atoms. The Kier molecular flexibility index (Phi) is 5.94. The van der Waals surface area contributed by atoms with Gasteiger partial charge >= 0.3 is 0 Å². The van der Waals surface area contributed by atoms with Crippen LogP contribution >= 0.6 is 12.2 Å². The third-order valence-electron chi connectivity index (χ3n) is 6.72. The summed E-state index contributed by atoms with van der Waals surface area (Å²) in [7, 11) is 0. The van der Waals surface area contributed by atoms with Gasteiger partial charge in [0.15, 0.2) is 5.11 Å². The molecule has 6 nitrogen and oxygen atoms in total. The van der Waals surface area contributed by atoms with Crippen LogP contribution in [0.15, 0.2) is 97.3 Å². The van der Waals surface area contributed by atoms with Crippen LogP contribution in [0.25, 0.3) is 5.69 Å². The van der Waals surface area contributed by atoms with Crippen molar-refractivity contribution in [1.29, 1.82) is 0 Å². The molecule has 2 aliphatic rings. The second-order valence-corrected chi connectivity index (χ2v) is 9.14. The highest BCUT2D eigenvalue weighted by Gasteiger charge is 2.42. The molecule has 0 amide bonds. The van der Waals surface area contributed by atoms with E-state index in [0.717, 1.165) is 49.1 Å². The van der Waals surface area contributed by atoms with Gasteiger partial charge in [-0.25, -0.2) is 0 Å². The maximum atomic E-state index is 5.92. The maximum absolute atomic E-state index is 5.92. The summed E-state index contributed by atoms with van der Waals surface area (Å²) >= 11 is 5.92. The number of benzene rings is 2. The number of ether oxygens (including phenoxy) is 1. The largest absolute Gasteiger partial charge is 0.378 e. The van der Waals surface area contributed by atoms with E-state index in [2.05, 4.69) is 97.6 Å². The van der Waals surface area contributed by atoms with E-state index in [1.165, 1.54) is 5.69 Å². The number of nitrogens with zero attached hydrogens (tertiary/aromatic N) is 4. The van der Waals surface area contributed by atoms with Gasteiger partial charge in [0.1, 0.15) is 6.04 Å². The van der Waals surface area contributed by atoms with Crippen LogP contribution in [-0.4, -0.2) is 41.0 Å². The fraction of sp³-hybridized carbons (Fsp3) is 0.214.